The number of nitrogens with one attached hydrogen (secondary N) is 1. The van der Waals surface area contributed by atoms with E-state index in [2.05, 4.69) is 5.32 Å². The smallest absolute Gasteiger partial charge is 0.249 e. The summed E-state index contributed by atoms with van der Waals surface area (Å²) in [7, 11) is 0. The van der Waals surface area contributed by atoms with E-state index in [0.717, 1.165) is 0 Å². The first kappa shape index (κ1) is 14.5. The van der Waals surface area contributed by atoms with Crippen molar-refractivity contribution in [3.8, 4) is 0 Å². The van der Waals surface area contributed by atoms with Crippen LogP contribution in [0.5, 0.6) is 0 Å². The minimum absolute atomic E-state index is 0.0651. The fourth-order valence-corrected chi connectivity index (χ4v) is 2.48. The van der Waals surface area contributed by atoms with Gasteiger partial charge in [-0.25, -0.2) is 4.39 Å². The van der Waals surface area contributed by atoms with E-state index < -0.39 is 12.1 Å². The van der Waals surface area contributed by atoms with Crippen LogP contribution in [0.1, 0.15) is 31.9 Å². The Kier molecular flexibility index (Phi) is 4.04. The average Bonchev–Trinajstić information content (AvgIpc) is 2.37. The highest BCUT2D eigenvalue weighted by atomic mass is 19.1. The van der Waals surface area contributed by atoms with Crippen LogP contribution >= 0.6 is 0 Å². The van der Waals surface area contributed by atoms with Gasteiger partial charge in [-0.1, -0.05) is 6.92 Å². The Balaban J connectivity index is 2.47. The van der Waals surface area contributed by atoms with Crippen LogP contribution in [0.4, 0.5) is 10.1 Å². The Morgan fingerprint density at radius 3 is 2.80 bits per heavy atom. The molecule has 1 saturated heterocycles. The first-order chi connectivity index (χ1) is 9.43. The zero-order valence-electron chi connectivity index (χ0n) is 11.5. The first-order valence-corrected chi connectivity index (χ1v) is 6.59. The molecule has 2 unspecified atom stereocenters. The molecule has 0 aliphatic carbocycles. The number of imide groups is 1. The summed E-state index contributed by atoms with van der Waals surface area (Å²) >= 11 is 0. The molecule has 1 aliphatic rings. The number of carbonyl (C=O) groups is 2. The molecule has 0 aromatic heterocycles. The van der Waals surface area contributed by atoms with E-state index >= 15 is 0 Å². The lowest BCUT2D eigenvalue weighted by molar-refractivity contribution is -0.132. The molecule has 0 saturated carbocycles. The Labute approximate surface area is 116 Å². The fraction of sp³-hybridized carbons (Fsp3) is 0.429. The van der Waals surface area contributed by atoms with Crippen LogP contribution in [-0.2, 0) is 9.59 Å². The molecule has 1 aromatic rings. The lowest BCUT2D eigenvalue weighted by atomic mass is 10.0. The van der Waals surface area contributed by atoms with Gasteiger partial charge in [0.2, 0.25) is 11.8 Å². The highest BCUT2D eigenvalue weighted by Crippen LogP contribution is 2.29. The monoisotopic (exact) mass is 279 g/mol. The molecule has 5 nitrogen and oxygen atoms in total. The number of halogens is 1. The van der Waals surface area contributed by atoms with Gasteiger partial charge < -0.3 is 10.6 Å². The summed E-state index contributed by atoms with van der Waals surface area (Å²) in [4.78, 5) is 25.2. The Morgan fingerprint density at radius 1 is 1.50 bits per heavy atom. The van der Waals surface area contributed by atoms with Crippen molar-refractivity contribution in [1.29, 1.82) is 0 Å². The summed E-state index contributed by atoms with van der Waals surface area (Å²) in [6.45, 7) is 3.67. The number of hydrogen-bond acceptors (Lipinski definition) is 4. The van der Waals surface area contributed by atoms with Gasteiger partial charge >= 0.3 is 0 Å². The standard InChI is InChI=1S/C14H18FN3O2/c1-3-11-14(20)17-13(19)7-18(11)12-5-4-9(15)6-10(12)8(2)16/h4-6,8,11H,3,7,16H2,1-2H3,(H,17,19,20). The van der Waals surface area contributed by atoms with Crippen molar-refractivity contribution in [3.05, 3.63) is 29.6 Å². The zero-order chi connectivity index (χ0) is 14.9. The number of nitrogens with zero attached hydrogens (tertiary/aromatic N) is 1. The number of benzene rings is 1. The van der Waals surface area contributed by atoms with Gasteiger partial charge in [0.15, 0.2) is 0 Å². The predicted molar refractivity (Wildman–Crippen MR) is 73.6 cm³/mol. The van der Waals surface area contributed by atoms with Gasteiger partial charge in [0, 0.05) is 11.7 Å². The van der Waals surface area contributed by atoms with Crippen LogP contribution in [0, 0.1) is 5.82 Å². The SMILES string of the molecule is CCC1C(=O)NC(=O)CN1c1ccc(F)cc1C(C)N. The molecule has 1 aromatic carbocycles. The van der Waals surface area contributed by atoms with Gasteiger partial charge in [0.25, 0.3) is 0 Å². The maximum atomic E-state index is 13.4. The molecule has 108 valence electrons. The van der Waals surface area contributed by atoms with Crippen LogP contribution in [-0.4, -0.2) is 24.4 Å². The maximum absolute atomic E-state index is 13.4. The van der Waals surface area contributed by atoms with Gasteiger partial charge in [-0.2, -0.15) is 0 Å². The summed E-state index contributed by atoms with van der Waals surface area (Å²) in [6, 6.07) is 3.39. The molecule has 6 heteroatoms. The van der Waals surface area contributed by atoms with Crippen LogP contribution in [0.15, 0.2) is 18.2 Å². The maximum Gasteiger partial charge on any atom is 0.249 e. The number of piperazine rings is 1. The number of hydrogen-bond donors (Lipinski definition) is 2. The number of nitrogens with two attached hydrogens (primary N) is 1. The molecule has 0 bridgehead atoms. The Morgan fingerprint density at radius 2 is 2.20 bits per heavy atom. The molecule has 3 N–H and O–H groups in total. The van der Waals surface area contributed by atoms with E-state index in [1.165, 1.54) is 12.1 Å². The summed E-state index contributed by atoms with van der Waals surface area (Å²) in [6.07, 6.45) is 0.550. The third-order valence-corrected chi connectivity index (χ3v) is 3.43. The molecule has 1 aliphatic heterocycles. The summed E-state index contributed by atoms with van der Waals surface area (Å²) < 4.78 is 13.4. The lowest BCUT2D eigenvalue weighted by Gasteiger charge is -2.36. The first-order valence-electron chi connectivity index (χ1n) is 6.59. The minimum Gasteiger partial charge on any atom is -0.350 e. The molecule has 1 heterocycles. The molecule has 0 radical (unpaired) electrons. The quantitative estimate of drug-likeness (QED) is 0.812. The van der Waals surface area contributed by atoms with Gasteiger partial charge in [-0.3, -0.25) is 14.9 Å². The van der Waals surface area contributed by atoms with Crippen molar-refractivity contribution in [2.75, 3.05) is 11.4 Å². The van der Waals surface area contributed by atoms with Gasteiger partial charge in [-0.15, -0.1) is 0 Å². The fourth-order valence-electron chi connectivity index (χ4n) is 2.48. The lowest BCUT2D eigenvalue weighted by Crippen LogP contribution is -2.58. The third-order valence-electron chi connectivity index (χ3n) is 3.43. The van der Waals surface area contributed by atoms with E-state index in [1.54, 1.807) is 17.9 Å². The summed E-state index contributed by atoms with van der Waals surface area (Å²) in [5.41, 5.74) is 7.09. The normalized spacial score (nSPS) is 20.8. The van der Waals surface area contributed by atoms with Crippen molar-refractivity contribution in [2.45, 2.75) is 32.4 Å². The van der Waals surface area contributed by atoms with E-state index in [9.17, 15) is 14.0 Å². The third kappa shape index (κ3) is 2.65. The highest BCUT2D eigenvalue weighted by molar-refractivity contribution is 6.04. The number of amides is 2. The topological polar surface area (TPSA) is 75.4 Å². The molecule has 0 spiro atoms. The van der Waals surface area contributed by atoms with Gasteiger partial charge in [-0.05, 0) is 37.1 Å². The minimum atomic E-state index is -0.448. The molecular formula is C14H18FN3O2. The summed E-state index contributed by atoms with van der Waals surface area (Å²) in [5.74, 6) is -1.08. The van der Waals surface area contributed by atoms with Crippen molar-refractivity contribution >= 4 is 17.5 Å². The highest BCUT2D eigenvalue weighted by Gasteiger charge is 2.33. The van der Waals surface area contributed by atoms with Gasteiger partial charge in [0.1, 0.15) is 11.9 Å². The molecule has 20 heavy (non-hydrogen) atoms. The molecule has 2 atom stereocenters. The van der Waals surface area contributed by atoms with Crippen LogP contribution in [0.3, 0.4) is 0 Å². The van der Waals surface area contributed by atoms with Crippen molar-refractivity contribution in [2.24, 2.45) is 5.73 Å². The molecule has 1 fully saturated rings. The number of carbonyl (C=O) groups excluding carboxylic acids is 2. The second-order valence-corrected chi connectivity index (χ2v) is 4.96. The second-order valence-electron chi connectivity index (χ2n) is 4.96. The van der Waals surface area contributed by atoms with Crippen LogP contribution in [0.2, 0.25) is 0 Å². The van der Waals surface area contributed by atoms with Crippen molar-refractivity contribution in [3.63, 3.8) is 0 Å². The summed E-state index contributed by atoms with van der Waals surface area (Å²) in [5, 5.41) is 2.32. The largest absolute Gasteiger partial charge is 0.350 e. The molecule has 2 rings (SSSR count). The van der Waals surface area contributed by atoms with Crippen LogP contribution < -0.4 is 16.0 Å². The van der Waals surface area contributed by atoms with Crippen LogP contribution in [0.25, 0.3) is 0 Å². The molecular weight excluding hydrogens is 261 g/mol. The van der Waals surface area contributed by atoms with Crippen molar-refractivity contribution in [1.82, 2.24) is 5.32 Å². The Bertz CT molecular complexity index is 545. The van der Waals surface area contributed by atoms with E-state index in [1.807, 2.05) is 6.92 Å². The van der Waals surface area contributed by atoms with Crippen molar-refractivity contribution < 1.29 is 14.0 Å². The second kappa shape index (κ2) is 5.58. The zero-order valence-corrected chi connectivity index (χ0v) is 11.5. The van der Waals surface area contributed by atoms with E-state index in [0.29, 0.717) is 17.7 Å². The molecule has 2 amide bonds. The Hall–Kier alpha value is -1.95. The van der Waals surface area contributed by atoms with E-state index in [-0.39, 0.29) is 24.2 Å². The number of rotatable bonds is 3. The predicted octanol–water partition coefficient (Wildman–Crippen LogP) is 1.09. The number of anilines is 1. The average molecular weight is 279 g/mol. The van der Waals surface area contributed by atoms with E-state index in [4.69, 9.17) is 5.73 Å². The van der Waals surface area contributed by atoms with Gasteiger partial charge in [0.05, 0.1) is 6.54 Å².